The molecule has 14 heteroatoms. The van der Waals surface area contributed by atoms with Gasteiger partial charge in [-0.25, -0.2) is 8.78 Å². The number of halogens is 2. The van der Waals surface area contributed by atoms with Crippen LogP contribution in [0, 0.1) is 18.3 Å². The quantitative estimate of drug-likeness (QED) is 0.130. The lowest BCUT2D eigenvalue weighted by Crippen LogP contribution is -2.52. The average Bonchev–Trinajstić information content (AvgIpc) is 3.19. The van der Waals surface area contributed by atoms with E-state index in [1.54, 1.807) is 19.1 Å². The number of alkyl halides is 2. The first-order valence-corrected chi connectivity index (χ1v) is 20.9. The Bertz CT molecular complexity index is 2070. The van der Waals surface area contributed by atoms with Gasteiger partial charge >= 0.3 is 0 Å². The normalized spacial score (nSPS) is 16.1. The Labute approximate surface area is 359 Å². The maximum absolute atomic E-state index is 12.9. The van der Waals surface area contributed by atoms with E-state index < -0.39 is 11.5 Å². The van der Waals surface area contributed by atoms with E-state index in [9.17, 15) is 23.2 Å². The van der Waals surface area contributed by atoms with Gasteiger partial charge < -0.3 is 25.6 Å². The van der Waals surface area contributed by atoms with E-state index in [0.717, 1.165) is 80.0 Å². The molecule has 0 spiro atoms. The van der Waals surface area contributed by atoms with Crippen molar-refractivity contribution in [2.45, 2.75) is 91.7 Å². The number of nitrogens with zero attached hydrogens (tertiary/aromatic N) is 4. The van der Waals surface area contributed by atoms with Crippen LogP contribution in [0.1, 0.15) is 83.1 Å². The summed E-state index contributed by atoms with van der Waals surface area (Å²) in [6.07, 6.45) is 2.39. The third kappa shape index (κ3) is 13.1. The van der Waals surface area contributed by atoms with Gasteiger partial charge in [0, 0.05) is 80.8 Å². The van der Waals surface area contributed by atoms with Gasteiger partial charge in [0.05, 0.1) is 34.7 Å². The largest absolute Gasteiger partial charge is 0.492 e. The Morgan fingerprint density at radius 2 is 1.72 bits per heavy atom. The molecular weight excluding hydrogens is 785 g/mol. The monoisotopic (exact) mass is 843 g/mol. The zero-order valence-corrected chi connectivity index (χ0v) is 36.7. The fourth-order valence-electron chi connectivity index (χ4n) is 7.38. The number of thiocarbonyl (C=S) groups is 1. The summed E-state index contributed by atoms with van der Waals surface area (Å²) in [6.45, 7) is 21.2. The highest BCUT2D eigenvalue weighted by molar-refractivity contribution is 7.80. The average molecular weight is 844 g/mol. The van der Waals surface area contributed by atoms with E-state index in [1.165, 1.54) is 12.1 Å². The van der Waals surface area contributed by atoms with E-state index >= 15 is 0 Å². The number of nitrogens with one attached hydrogen (secondary N) is 3. The SMILES string of the molecule is C=C1NC(=O)CCC1Nc1cccc(NC(=O)CN2CCN(CCOc3ccc(N(C(C)=S)C(C)(C)C(=O)CC)cc3CC)CC2)c1.Cc1ccc(C#N)c(C(C)(F)F)c1. The Balaban J connectivity index is 0.000000519. The minimum Gasteiger partial charge on any atom is -0.492 e. The fourth-order valence-corrected chi connectivity index (χ4v) is 7.71. The number of rotatable bonds is 15. The number of benzene rings is 3. The number of aryl methyl sites for hydroxylation is 2. The predicted octanol–water partition coefficient (Wildman–Crippen LogP) is 7.98. The molecule has 2 aliphatic heterocycles. The maximum atomic E-state index is 12.9. The number of amides is 2. The maximum Gasteiger partial charge on any atom is 0.271 e. The van der Waals surface area contributed by atoms with Gasteiger partial charge in [0.2, 0.25) is 11.8 Å². The second kappa shape index (κ2) is 21.3. The highest BCUT2D eigenvalue weighted by Gasteiger charge is 2.35. The highest BCUT2D eigenvalue weighted by Crippen LogP contribution is 2.32. The number of nitriles is 1. The third-order valence-electron chi connectivity index (χ3n) is 10.7. The molecule has 11 nitrogen and oxygen atoms in total. The van der Waals surface area contributed by atoms with Crippen LogP contribution in [0.25, 0.3) is 0 Å². The van der Waals surface area contributed by atoms with Crippen LogP contribution in [0.5, 0.6) is 5.75 Å². The molecule has 60 heavy (non-hydrogen) atoms. The molecule has 5 rings (SSSR count). The summed E-state index contributed by atoms with van der Waals surface area (Å²) in [7, 11) is 0. The van der Waals surface area contributed by atoms with Crippen LogP contribution < -0.4 is 25.6 Å². The lowest BCUT2D eigenvalue weighted by molar-refractivity contribution is -0.123. The molecular formula is C46H59F2N7O4S. The summed E-state index contributed by atoms with van der Waals surface area (Å²) in [4.78, 5) is 44.3. The van der Waals surface area contributed by atoms with Crippen LogP contribution in [0.2, 0.25) is 0 Å². The van der Waals surface area contributed by atoms with Crippen LogP contribution >= 0.6 is 12.2 Å². The smallest absolute Gasteiger partial charge is 0.271 e. The molecule has 2 saturated heterocycles. The standard InChI is InChI=1S/C36H50N6O4S.C10H9F2N/c1-7-27-22-30(42(26(4)47)36(5,6)33(43)8-2)12-14-32(27)46-21-20-40-16-18-41(19-17-40)24-35(45)39-29-11-9-10-28(23-29)38-31-13-15-34(44)37-25(31)3;1-7-3-4-8(6-13)9(5-7)10(2,11)12/h9-12,14,22-23,31,38H,3,7-8,13,15-21,24H2,1-2,4-6H3,(H,37,44)(H,39,45);3-5H,1-2H3. The van der Waals surface area contributed by atoms with Crippen LogP contribution in [0.3, 0.4) is 0 Å². The van der Waals surface area contributed by atoms with Crippen LogP contribution in [-0.2, 0) is 26.7 Å². The lowest BCUT2D eigenvalue weighted by Gasteiger charge is -2.38. The Morgan fingerprint density at radius 3 is 2.33 bits per heavy atom. The Kier molecular flexibility index (Phi) is 16.9. The fraction of sp³-hybridized carbons (Fsp3) is 0.457. The Hall–Kier alpha value is -5.23. The van der Waals surface area contributed by atoms with Gasteiger partial charge in [0.1, 0.15) is 12.4 Å². The van der Waals surface area contributed by atoms with Crippen molar-refractivity contribution >= 4 is 51.9 Å². The van der Waals surface area contributed by atoms with E-state index in [-0.39, 0.29) is 34.8 Å². The van der Waals surface area contributed by atoms with E-state index in [1.807, 2.05) is 69.0 Å². The Morgan fingerprint density at radius 1 is 1.03 bits per heavy atom. The molecule has 3 aromatic carbocycles. The van der Waals surface area contributed by atoms with Gasteiger partial charge in [-0.15, -0.1) is 0 Å². The van der Waals surface area contributed by atoms with Gasteiger partial charge in [-0.1, -0.05) is 50.3 Å². The number of piperazine rings is 1. The van der Waals surface area contributed by atoms with Crippen molar-refractivity contribution in [3.63, 3.8) is 0 Å². The number of carbonyl (C=O) groups excluding carboxylic acids is 3. The predicted molar refractivity (Wildman–Crippen MR) is 239 cm³/mol. The number of anilines is 3. The van der Waals surface area contributed by atoms with Crippen molar-refractivity contribution in [2.75, 3.05) is 61.4 Å². The molecule has 0 aromatic heterocycles. The molecule has 322 valence electrons. The first kappa shape index (κ1) is 47.4. The van der Waals surface area contributed by atoms with Crippen molar-refractivity contribution in [2.24, 2.45) is 0 Å². The van der Waals surface area contributed by atoms with Gasteiger partial charge in [0.15, 0.2) is 5.78 Å². The molecule has 0 radical (unpaired) electrons. The number of Topliss-reactive ketones (excluding diaryl/α,β-unsaturated/α-hetero) is 1. The van der Waals surface area contributed by atoms with Crippen LogP contribution in [0.15, 0.2) is 72.9 Å². The summed E-state index contributed by atoms with van der Waals surface area (Å²) in [5.41, 5.74) is 4.08. The molecule has 2 fully saturated rings. The van der Waals surface area contributed by atoms with E-state index in [2.05, 4.69) is 45.3 Å². The van der Waals surface area contributed by atoms with Gasteiger partial charge in [-0.2, -0.15) is 5.26 Å². The molecule has 0 saturated carbocycles. The van der Waals surface area contributed by atoms with Gasteiger partial charge in [-0.3, -0.25) is 24.2 Å². The molecule has 0 bridgehead atoms. The lowest BCUT2D eigenvalue weighted by atomic mass is 9.93. The zero-order valence-electron chi connectivity index (χ0n) is 35.9. The highest BCUT2D eigenvalue weighted by atomic mass is 32.1. The van der Waals surface area contributed by atoms with E-state index in [0.29, 0.717) is 43.1 Å². The van der Waals surface area contributed by atoms with Crippen LogP contribution in [-0.4, -0.2) is 89.8 Å². The van der Waals surface area contributed by atoms with Crippen molar-refractivity contribution in [1.29, 1.82) is 5.26 Å². The molecule has 1 unspecified atom stereocenters. The van der Waals surface area contributed by atoms with Crippen molar-refractivity contribution in [3.05, 3.63) is 95.2 Å². The summed E-state index contributed by atoms with van der Waals surface area (Å²) < 4.78 is 32.1. The number of ether oxygens (including phenoxy) is 1. The van der Waals surface area contributed by atoms with Crippen molar-refractivity contribution in [3.8, 4) is 11.8 Å². The van der Waals surface area contributed by atoms with Crippen LogP contribution in [0.4, 0.5) is 25.8 Å². The number of hydrogen-bond acceptors (Lipinski definition) is 9. The molecule has 3 N–H and O–H groups in total. The second-order valence-electron chi connectivity index (χ2n) is 15.8. The number of piperidine rings is 1. The van der Waals surface area contributed by atoms with E-state index in [4.69, 9.17) is 22.2 Å². The summed E-state index contributed by atoms with van der Waals surface area (Å²) in [5, 5.41) is 17.8. The topological polar surface area (TPSA) is 130 Å². The first-order valence-electron chi connectivity index (χ1n) is 20.4. The number of carbonyl (C=O) groups is 3. The second-order valence-corrected chi connectivity index (χ2v) is 16.4. The molecule has 1 atom stereocenters. The summed E-state index contributed by atoms with van der Waals surface area (Å²) in [6, 6.07) is 19.8. The summed E-state index contributed by atoms with van der Waals surface area (Å²) in [5.74, 6) is -2.01. The van der Waals surface area contributed by atoms with Crippen molar-refractivity contribution < 1.29 is 27.9 Å². The van der Waals surface area contributed by atoms with Crippen molar-refractivity contribution in [1.82, 2.24) is 15.1 Å². The molecule has 2 heterocycles. The van der Waals surface area contributed by atoms with Gasteiger partial charge in [0.25, 0.3) is 5.92 Å². The molecule has 0 aliphatic carbocycles. The van der Waals surface area contributed by atoms with Gasteiger partial charge in [-0.05, 0) is 94.6 Å². The molecule has 2 aliphatic rings. The minimum absolute atomic E-state index is 0.00658. The molecule has 3 aromatic rings. The summed E-state index contributed by atoms with van der Waals surface area (Å²) >= 11 is 5.56. The first-order chi connectivity index (χ1) is 28.4. The molecule has 2 amide bonds. The number of ketones is 1. The number of hydrogen-bond donors (Lipinski definition) is 3. The zero-order chi connectivity index (χ0) is 44.2. The minimum atomic E-state index is -2.95. The third-order valence-corrected chi connectivity index (χ3v) is 10.9.